The van der Waals surface area contributed by atoms with E-state index in [-0.39, 0.29) is 45.2 Å². The number of rotatable bonds is 10. The molecule has 0 N–H and O–H groups in total. The Morgan fingerprint density at radius 2 is 1.20 bits per heavy atom. The minimum absolute atomic E-state index is 0. The Balaban J connectivity index is -0.000000720. The molecule has 0 unspecified atom stereocenters. The van der Waals surface area contributed by atoms with E-state index in [2.05, 4.69) is 6.92 Å². The van der Waals surface area contributed by atoms with Crippen molar-refractivity contribution < 1.29 is 4.79 Å². The first-order valence-electron chi connectivity index (χ1n) is 5.76. The predicted molar refractivity (Wildman–Crippen MR) is 69.7 cm³/mol. The van der Waals surface area contributed by atoms with Crippen LogP contribution in [0.25, 0.3) is 0 Å². The van der Waals surface area contributed by atoms with Gasteiger partial charge in [-0.3, -0.25) is 6.29 Å². The van der Waals surface area contributed by atoms with Gasteiger partial charge in [-0.05, 0) is 0 Å². The molecule has 0 fully saturated rings. The first-order valence-corrected chi connectivity index (χ1v) is 5.76. The van der Waals surface area contributed by atoms with Crippen LogP contribution in [0.15, 0.2) is 0 Å². The largest absolute Gasteiger partial charge is 2.00 e. The summed E-state index contributed by atoms with van der Waals surface area (Å²) >= 11 is 0. The van der Waals surface area contributed by atoms with Crippen molar-refractivity contribution in [3.63, 3.8) is 0 Å². The average molecular weight is 238 g/mol. The molecular formula is C13H26CaO. The molecule has 0 aliphatic rings. The molecule has 0 aromatic rings. The Morgan fingerprint density at radius 1 is 0.800 bits per heavy atom. The van der Waals surface area contributed by atoms with Gasteiger partial charge in [-0.2, -0.15) is 6.42 Å². The molecular weight excluding hydrogens is 212 g/mol. The van der Waals surface area contributed by atoms with E-state index in [1.807, 2.05) is 6.29 Å². The zero-order chi connectivity index (χ0) is 9.78. The van der Waals surface area contributed by atoms with Crippen LogP contribution < -0.4 is 0 Å². The van der Waals surface area contributed by atoms with Crippen LogP contribution in [-0.2, 0) is 4.79 Å². The molecule has 86 valence electrons. The van der Waals surface area contributed by atoms with Gasteiger partial charge in [-0.1, -0.05) is 64.7 Å². The van der Waals surface area contributed by atoms with Gasteiger partial charge in [0, 0.05) is 0 Å². The van der Waals surface area contributed by atoms with Crippen LogP contribution in [0.2, 0.25) is 0 Å². The summed E-state index contributed by atoms with van der Waals surface area (Å²) in [6.45, 7) is 2.25. The van der Waals surface area contributed by atoms with Gasteiger partial charge in [-0.25, -0.2) is 0 Å². The molecule has 0 aliphatic carbocycles. The monoisotopic (exact) mass is 238 g/mol. The zero-order valence-electron chi connectivity index (χ0n) is 10.7. The standard InChI is InChI=1S/C12H23O.CH3.Ca/c1-2-3-4-5-6-7-8-9-10-11-12-13;;/h2-11H2,1H3;1H3;/q2*-1;+2. The fourth-order valence-corrected chi connectivity index (χ4v) is 1.51. The molecule has 0 aliphatic heterocycles. The van der Waals surface area contributed by atoms with Gasteiger partial charge in [0.2, 0.25) is 0 Å². The van der Waals surface area contributed by atoms with Crippen LogP contribution in [0, 0.1) is 7.43 Å². The molecule has 0 amide bonds. The van der Waals surface area contributed by atoms with Gasteiger partial charge in [0.15, 0.2) is 0 Å². The van der Waals surface area contributed by atoms with Crippen LogP contribution >= 0.6 is 0 Å². The van der Waals surface area contributed by atoms with Gasteiger partial charge in [0.25, 0.3) is 0 Å². The fourth-order valence-electron chi connectivity index (χ4n) is 1.51. The second-order valence-electron chi connectivity index (χ2n) is 3.72. The second-order valence-corrected chi connectivity index (χ2v) is 3.72. The molecule has 2 heteroatoms. The second kappa shape index (κ2) is 20.4. The molecule has 0 aromatic heterocycles. The third kappa shape index (κ3) is 20.9. The van der Waals surface area contributed by atoms with E-state index >= 15 is 0 Å². The summed E-state index contributed by atoms with van der Waals surface area (Å²) in [5, 5.41) is 0. The molecule has 15 heavy (non-hydrogen) atoms. The molecule has 0 atom stereocenters. The van der Waals surface area contributed by atoms with Crippen LogP contribution in [0.1, 0.15) is 71.1 Å². The maximum atomic E-state index is 9.89. The Labute approximate surface area is 126 Å². The normalized spacial score (nSPS) is 8.87. The van der Waals surface area contributed by atoms with E-state index in [0.717, 1.165) is 6.42 Å². The van der Waals surface area contributed by atoms with Crippen molar-refractivity contribution in [2.75, 3.05) is 0 Å². The molecule has 0 saturated carbocycles. The molecule has 0 spiro atoms. The van der Waals surface area contributed by atoms with Crippen LogP contribution in [0.3, 0.4) is 0 Å². The van der Waals surface area contributed by atoms with E-state index in [0.29, 0.717) is 6.42 Å². The van der Waals surface area contributed by atoms with E-state index < -0.39 is 0 Å². The number of unbranched alkanes of at least 4 members (excludes halogenated alkanes) is 9. The smallest absolute Gasteiger partial charge is 0.542 e. The van der Waals surface area contributed by atoms with Crippen LogP contribution in [0.4, 0.5) is 0 Å². The minimum atomic E-state index is 0. The Bertz CT molecular complexity index is 105. The Hall–Kier alpha value is 0.930. The summed E-state index contributed by atoms with van der Waals surface area (Å²) in [7, 11) is 0. The summed E-state index contributed by atoms with van der Waals surface area (Å²) in [6.07, 6.45) is 14.4. The summed E-state index contributed by atoms with van der Waals surface area (Å²) in [4.78, 5) is 9.89. The van der Waals surface area contributed by atoms with E-state index in [1.54, 1.807) is 0 Å². The van der Waals surface area contributed by atoms with Crippen molar-refractivity contribution >= 4 is 44.0 Å². The van der Waals surface area contributed by atoms with Gasteiger partial charge >= 0.3 is 37.7 Å². The summed E-state index contributed by atoms with van der Waals surface area (Å²) in [6, 6.07) is 0. The summed E-state index contributed by atoms with van der Waals surface area (Å²) < 4.78 is 0. The van der Waals surface area contributed by atoms with Crippen molar-refractivity contribution in [2.45, 2.75) is 71.1 Å². The zero-order valence-corrected chi connectivity index (χ0v) is 12.9. The van der Waals surface area contributed by atoms with Gasteiger partial charge in [0.05, 0.1) is 0 Å². The van der Waals surface area contributed by atoms with Crippen molar-refractivity contribution in [3.05, 3.63) is 7.43 Å². The summed E-state index contributed by atoms with van der Waals surface area (Å²) in [5.41, 5.74) is 0. The third-order valence-electron chi connectivity index (χ3n) is 2.38. The van der Waals surface area contributed by atoms with Crippen LogP contribution in [0.5, 0.6) is 0 Å². The maximum Gasteiger partial charge on any atom is 2.00 e. The van der Waals surface area contributed by atoms with Gasteiger partial charge in [0.1, 0.15) is 0 Å². The van der Waals surface area contributed by atoms with Crippen LogP contribution in [-0.4, -0.2) is 44.0 Å². The quantitative estimate of drug-likeness (QED) is 0.318. The topological polar surface area (TPSA) is 17.1 Å². The van der Waals surface area contributed by atoms with E-state index in [9.17, 15) is 4.79 Å². The number of hydrogen-bond donors (Lipinski definition) is 0. The molecule has 0 radical (unpaired) electrons. The van der Waals surface area contributed by atoms with Gasteiger partial charge < -0.3 is 12.2 Å². The maximum absolute atomic E-state index is 9.89. The van der Waals surface area contributed by atoms with E-state index in [4.69, 9.17) is 0 Å². The van der Waals surface area contributed by atoms with Crippen molar-refractivity contribution in [3.8, 4) is 0 Å². The molecule has 0 heterocycles. The summed E-state index contributed by atoms with van der Waals surface area (Å²) in [5.74, 6) is 0. The third-order valence-corrected chi connectivity index (χ3v) is 2.38. The first-order chi connectivity index (χ1) is 6.41. The van der Waals surface area contributed by atoms with Crippen molar-refractivity contribution in [1.29, 1.82) is 0 Å². The molecule has 1 nitrogen and oxygen atoms in total. The number of hydrogen-bond acceptors (Lipinski definition) is 1. The minimum Gasteiger partial charge on any atom is -0.542 e. The first kappa shape index (κ1) is 21.2. The predicted octanol–water partition coefficient (Wildman–Crippen LogP) is 4.09. The SMILES string of the molecule is CCCCCCCCCCC[C-]=O.[CH3-].[Ca+2]. The molecule has 0 saturated heterocycles. The Morgan fingerprint density at radius 3 is 1.60 bits per heavy atom. The van der Waals surface area contributed by atoms with E-state index in [1.165, 1.54) is 51.4 Å². The van der Waals surface area contributed by atoms with Crippen molar-refractivity contribution in [2.24, 2.45) is 0 Å². The van der Waals surface area contributed by atoms with Crippen molar-refractivity contribution in [1.82, 2.24) is 0 Å². The fraction of sp³-hybridized carbons (Fsp3) is 0.846. The molecule has 0 aromatic carbocycles. The average Bonchev–Trinajstić information content (AvgIpc) is 2.16. The number of carbonyl (C=O) groups excluding carboxylic acids is 1. The Kier molecular flexibility index (Phi) is 28.8. The molecule has 0 bridgehead atoms. The van der Waals surface area contributed by atoms with Gasteiger partial charge in [-0.15, -0.1) is 0 Å². The molecule has 0 rings (SSSR count).